The zero-order valence-corrected chi connectivity index (χ0v) is 29.7. The lowest BCUT2D eigenvalue weighted by atomic mass is 9.86. The van der Waals surface area contributed by atoms with Crippen LogP contribution in [0.4, 0.5) is 4.79 Å². The summed E-state index contributed by atoms with van der Waals surface area (Å²) in [4.78, 5) is 35.7. The SMILES string of the molecule is CC(C)(C)c1cc(OCCCCCCCCCCOc2ccc(OC(=O)OCc3ccccc3)cc2)ccc1OC(=O)c1ccc(C(=O)[O-])cc1. The third-order valence-electron chi connectivity index (χ3n) is 8.12. The van der Waals surface area contributed by atoms with E-state index in [0.717, 1.165) is 61.2 Å². The van der Waals surface area contributed by atoms with Gasteiger partial charge in [0.25, 0.3) is 0 Å². The van der Waals surface area contributed by atoms with Crippen LogP contribution in [0.3, 0.4) is 0 Å². The highest BCUT2D eigenvalue weighted by Crippen LogP contribution is 2.35. The number of rotatable bonds is 19. The van der Waals surface area contributed by atoms with Crippen LogP contribution in [0.5, 0.6) is 23.0 Å². The molecule has 0 fully saturated rings. The van der Waals surface area contributed by atoms with Gasteiger partial charge in [-0.25, -0.2) is 9.59 Å². The van der Waals surface area contributed by atoms with E-state index in [1.807, 2.05) is 57.2 Å². The number of hydrogen-bond donors (Lipinski definition) is 0. The molecule has 51 heavy (non-hydrogen) atoms. The van der Waals surface area contributed by atoms with Crippen molar-refractivity contribution in [2.45, 2.75) is 84.2 Å². The molecule has 0 atom stereocenters. The fraction of sp³-hybridized carbons (Fsp3) is 0.357. The average molecular weight is 696 g/mol. The maximum absolute atomic E-state index is 12.7. The lowest BCUT2D eigenvalue weighted by molar-refractivity contribution is -0.255. The highest BCUT2D eigenvalue weighted by atomic mass is 16.7. The molecule has 0 aliphatic rings. The molecule has 0 heterocycles. The van der Waals surface area contributed by atoms with Crippen molar-refractivity contribution in [2.24, 2.45) is 0 Å². The minimum absolute atomic E-state index is 0.00346. The summed E-state index contributed by atoms with van der Waals surface area (Å²) in [5.74, 6) is 0.433. The van der Waals surface area contributed by atoms with Gasteiger partial charge < -0.3 is 33.6 Å². The maximum atomic E-state index is 12.7. The van der Waals surface area contributed by atoms with Crippen LogP contribution in [0, 0.1) is 0 Å². The van der Waals surface area contributed by atoms with Gasteiger partial charge in [0.05, 0.1) is 24.7 Å². The average Bonchev–Trinajstić information content (AvgIpc) is 3.12. The van der Waals surface area contributed by atoms with Gasteiger partial charge in [-0.3, -0.25) is 0 Å². The van der Waals surface area contributed by atoms with Gasteiger partial charge in [0.15, 0.2) is 0 Å². The molecule has 0 saturated carbocycles. The number of aromatic carboxylic acids is 1. The summed E-state index contributed by atoms with van der Waals surface area (Å²) < 4.78 is 27.9. The van der Waals surface area contributed by atoms with Crippen molar-refractivity contribution >= 4 is 18.1 Å². The highest BCUT2D eigenvalue weighted by molar-refractivity contribution is 5.93. The number of unbranched alkanes of at least 4 members (excludes halogenated alkanes) is 7. The molecule has 0 N–H and O–H groups in total. The third kappa shape index (κ3) is 13.5. The Morgan fingerprint density at radius 2 is 1.12 bits per heavy atom. The molecule has 0 aliphatic heterocycles. The molecular weight excluding hydrogens is 648 g/mol. The van der Waals surface area contributed by atoms with Gasteiger partial charge in [-0.15, -0.1) is 0 Å². The van der Waals surface area contributed by atoms with E-state index in [1.54, 1.807) is 36.4 Å². The van der Waals surface area contributed by atoms with Crippen LogP contribution in [0.1, 0.15) is 104 Å². The Bertz CT molecular complexity index is 1670. The second-order valence-electron chi connectivity index (χ2n) is 13.3. The van der Waals surface area contributed by atoms with Crippen LogP contribution in [-0.4, -0.2) is 31.3 Å². The molecule has 0 saturated heterocycles. The Morgan fingerprint density at radius 3 is 1.71 bits per heavy atom. The van der Waals surface area contributed by atoms with Gasteiger partial charge in [-0.1, -0.05) is 102 Å². The molecule has 0 amide bonds. The standard InChI is InChI=1S/C42H48O9/c1-42(2,3)37-29-36(25-26-38(37)51-40(45)33-19-17-32(18-20-33)39(43)44)48-28-14-9-7-5-4-6-8-13-27-47-34-21-23-35(24-22-34)50-41(46)49-30-31-15-11-10-12-16-31/h10-12,15-26,29H,4-9,13-14,27-28,30H2,1-3H3,(H,43,44)/p-1. The Balaban J connectivity index is 1.04. The summed E-state index contributed by atoms with van der Waals surface area (Å²) in [6.07, 6.45) is 8.06. The number of carboxylic acid groups (broad SMARTS) is 1. The van der Waals surface area contributed by atoms with Gasteiger partial charge in [-0.2, -0.15) is 0 Å². The minimum atomic E-state index is -1.30. The van der Waals surface area contributed by atoms with Crippen molar-refractivity contribution < 1.29 is 43.2 Å². The van der Waals surface area contributed by atoms with E-state index >= 15 is 0 Å². The number of carbonyl (C=O) groups excluding carboxylic acids is 3. The molecule has 4 aromatic rings. The number of hydrogen-bond acceptors (Lipinski definition) is 9. The van der Waals surface area contributed by atoms with E-state index in [9.17, 15) is 19.5 Å². The second kappa shape index (κ2) is 19.8. The van der Waals surface area contributed by atoms with Crippen molar-refractivity contribution in [3.63, 3.8) is 0 Å². The number of benzene rings is 4. The molecule has 4 rings (SSSR count). The molecule has 0 spiro atoms. The molecule has 0 aliphatic carbocycles. The first-order chi connectivity index (χ1) is 24.6. The zero-order valence-electron chi connectivity index (χ0n) is 29.7. The predicted octanol–water partition coefficient (Wildman–Crippen LogP) is 8.86. The van der Waals surface area contributed by atoms with Crippen molar-refractivity contribution in [3.8, 4) is 23.0 Å². The molecule has 9 nitrogen and oxygen atoms in total. The zero-order chi connectivity index (χ0) is 36.5. The smallest absolute Gasteiger partial charge is 0.514 e. The van der Waals surface area contributed by atoms with Crippen molar-refractivity contribution in [3.05, 3.63) is 119 Å². The Labute approximate surface area is 300 Å². The molecule has 4 aromatic carbocycles. The molecular formula is C42H47O9-. The Hall–Kier alpha value is -5.31. The van der Waals surface area contributed by atoms with Gasteiger partial charge in [0, 0.05) is 5.56 Å². The first kappa shape index (κ1) is 38.5. The molecule has 0 bridgehead atoms. The number of esters is 1. The van der Waals surface area contributed by atoms with Crippen LogP contribution in [-0.2, 0) is 16.8 Å². The molecule has 0 unspecified atom stereocenters. The molecule has 9 heteroatoms. The van der Waals surface area contributed by atoms with Crippen LogP contribution in [0.25, 0.3) is 0 Å². The van der Waals surface area contributed by atoms with Crippen LogP contribution < -0.4 is 24.1 Å². The summed E-state index contributed by atoms with van der Waals surface area (Å²) >= 11 is 0. The lowest BCUT2D eigenvalue weighted by Crippen LogP contribution is -2.22. The topological polar surface area (TPSA) is 120 Å². The first-order valence-electron chi connectivity index (χ1n) is 17.5. The van der Waals surface area contributed by atoms with E-state index in [2.05, 4.69) is 0 Å². The predicted molar refractivity (Wildman–Crippen MR) is 192 cm³/mol. The van der Waals surface area contributed by atoms with Crippen molar-refractivity contribution in [1.82, 2.24) is 0 Å². The summed E-state index contributed by atoms with van der Waals surface area (Å²) in [6.45, 7) is 7.52. The van der Waals surface area contributed by atoms with E-state index in [1.165, 1.54) is 37.1 Å². The second-order valence-corrected chi connectivity index (χ2v) is 13.3. The maximum Gasteiger partial charge on any atom is 0.514 e. The summed E-state index contributed by atoms with van der Waals surface area (Å²) in [5, 5.41) is 11.0. The van der Waals surface area contributed by atoms with E-state index in [0.29, 0.717) is 24.7 Å². The summed E-state index contributed by atoms with van der Waals surface area (Å²) in [7, 11) is 0. The largest absolute Gasteiger partial charge is 0.545 e. The van der Waals surface area contributed by atoms with E-state index in [4.69, 9.17) is 23.7 Å². The fourth-order valence-corrected chi connectivity index (χ4v) is 5.27. The fourth-order valence-electron chi connectivity index (χ4n) is 5.27. The molecule has 0 radical (unpaired) electrons. The first-order valence-corrected chi connectivity index (χ1v) is 17.5. The highest BCUT2D eigenvalue weighted by Gasteiger charge is 2.22. The monoisotopic (exact) mass is 695 g/mol. The van der Waals surface area contributed by atoms with Crippen molar-refractivity contribution in [2.75, 3.05) is 13.2 Å². The van der Waals surface area contributed by atoms with Crippen LogP contribution in [0.15, 0.2) is 97.1 Å². The summed E-state index contributed by atoms with van der Waals surface area (Å²) in [5.41, 5.74) is 1.68. The molecule has 270 valence electrons. The quantitative estimate of drug-likeness (QED) is 0.0410. The molecule has 0 aromatic heterocycles. The number of carboxylic acids is 1. The van der Waals surface area contributed by atoms with Crippen LogP contribution in [0.2, 0.25) is 0 Å². The lowest BCUT2D eigenvalue weighted by Gasteiger charge is -2.23. The van der Waals surface area contributed by atoms with Gasteiger partial charge >= 0.3 is 12.1 Å². The van der Waals surface area contributed by atoms with Gasteiger partial charge in [0.1, 0.15) is 29.6 Å². The van der Waals surface area contributed by atoms with Crippen LogP contribution >= 0.6 is 0 Å². The van der Waals surface area contributed by atoms with Gasteiger partial charge in [-0.05, 0) is 84.0 Å². The third-order valence-corrected chi connectivity index (χ3v) is 8.12. The van der Waals surface area contributed by atoms with E-state index < -0.39 is 18.1 Å². The van der Waals surface area contributed by atoms with Crippen molar-refractivity contribution in [1.29, 1.82) is 0 Å². The minimum Gasteiger partial charge on any atom is -0.545 e. The Kier molecular flexibility index (Phi) is 14.9. The summed E-state index contributed by atoms with van der Waals surface area (Å²) in [6, 6.07) is 27.3. The van der Waals surface area contributed by atoms with E-state index in [-0.39, 0.29) is 23.1 Å². The van der Waals surface area contributed by atoms with Gasteiger partial charge in [0.2, 0.25) is 0 Å². The number of ether oxygens (including phenoxy) is 5. The number of carbonyl (C=O) groups is 3. The normalized spacial score (nSPS) is 11.0. The Morgan fingerprint density at radius 1 is 0.588 bits per heavy atom.